The number of hydrogen-bond acceptors (Lipinski definition) is 5. The number of rotatable bonds is 39. The van der Waals surface area contributed by atoms with E-state index in [4.69, 9.17) is 4.74 Å². The van der Waals surface area contributed by atoms with Crippen LogP contribution in [0.25, 0.3) is 0 Å². The molecule has 0 aromatic rings. The van der Waals surface area contributed by atoms with Crippen molar-refractivity contribution in [1.29, 1.82) is 0 Å². The third-order valence-corrected chi connectivity index (χ3v) is 9.84. The maximum atomic E-state index is 13.1. The molecule has 0 aliphatic rings. The summed E-state index contributed by atoms with van der Waals surface area (Å²) in [6, 6.07) is -0.742. The van der Waals surface area contributed by atoms with Crippen LogP contribution in [0.5, 0.6) is 0 Å². The number of carbonyl (C=O) groups is 2. The molecule has 0 rings (SSSR count). The SMILES string of the molecule is CC/C=C/C=C/C=C\C=C/C=C/CC(CC(=O)NC(CO)C(O)CCCCCCCCCCC)OC(=O)CCCCCCCCC/C=C\C/C=C\CCCCC. The summed E-state index contributed by atoms with van der Waals surface area (Å²) >= 11 is 0. The second-order valence-corrected chi connectivity index (χ2v) is 15.2. The van der Waals surface area contributed by atoms with E-state index in [-0.39, 0.29) is 24.9 Å². The van der Waals surface area contributed by atoms with Crippen LogP contribution in [0.4, 0.5) is 0 Å². The molecule has 3 atom stereocenters. The number of allylic oxidation sites excluding steroid dienone is 13. The first-order valence-corrected chi connectivity index (χ1v) is 22.9. The third kappa shape index (κ3) is 37.9. The molecule has 6 nitrogen and oxygen atoms in total. The molecule has 0 bridgehead atoms. The normalized spacial score (nSPS) is 14.2. The molecular formula is C50H85NO5. The van der Waals surface area contributed by atoms with Crippen molar-refractivity contribution in [3.63, 3.8) is 0 Å². The van der Waals surface area contributed by atoms with Crippen molar-refractivity contribution in [2.24, 2.45) is 0 Å². The zero-order valence-corrected chi connectivity index (χ0v) is 36.2. The standard InChI is InChI=1S/C50H85NO5/c1-4-7-10-13-16-19-21-22-23-24-25-26-28-31-34-37-40-43-50(55)56-46(41-38-35-32-30-27-20-17-14-11-8-5-2)44-49(54)51-47(45-52)48(53)42-39-36-33-29-18-15-12-9-6-3/h8,11,14,16-17,19-20,22-23,27,30,32,35,38,46-48,52-53H,4-7,9-10,12-13,15,18,21,24-26,28-29,31,33-34,36-37,39-45H2,1-3H3,(H,51,54)/b11-8+,17-14+,19-16-,23-22-,27-20-,32-30-,38-35+. The maximum Gasteiger partial charge on any atom is 0.306 e. The average molecular weight is 780 g/mol. The number of esters is 1. The van der Waals surface area contributed by atoms with Gasteiger partial charge in [0, 0.05) is 12.8 Å². The summed E-state index contributed by atoms with van der Waals surface area (Å²) in [7, 11) is 0. The van der Waals surface area contributed by atoms with Crippen LogP contribution in [0.1, 0.15) is 194 Å². The van der Waals surface area contributed by atoms with E-state index < -0.39 is 18.2 Å². The van der Waals surface area contributed by atoms with Crippen LogP contribution in [0, 0.1) is 0 Å². The van der Waals surface area contributed by atoms with Crippen LogP contribution >= 0.6 is 0 Å². The molecule has 0 aromatic carbocycles. The van der Waals surface area contributed by atoms with E-state index in [1.54, 1.807) is 0 Å². The summed E-state index contributed by atoms with van der Waals surface area (Å²) < 4.78 is 5.81. The lowest BCUT2D eigenvalue weighted by atomic mass is 10.0. The number of ether oxygens (including phenoxy) is 1. The number of hydrogen-bond donors (Lipinski definition) is 3. The predicted molar refractivity (Wildman–Crippen MR) is 241 cm³/mol. The minimum atomic E-state index is -0.820. The van der Waals surface area contributed by atoms with E-state index >= 15 is 0 Å². The van der Waals surface area contributed by atoms with Crippen molar-refractivity contribution in [1.82, 2.24) is 5.32 Å². The van der Waals surface area contributed by atoms with Crippen LogP contribution in [-0.2, 0) is 14.3 Å². The molecule has 0 spiro atoms. The van der Waals surface area contributed by atoms with Gasteiger partial charge in [0.25, 0.3) is 0 Å². The van der Waals surface area contributed by atoms with Gasteiger partial charge in [0.05, 0.1) is 25.2 Å². The maximum absolute atomic E-state index is 13.1. The molecule has 0 aliphatic carbocycles. The number of unbranched alkanes of at least 4 members (excludes halogenated alkanes) is 18. The number of aliphatic hydroxyl groups excluding tert-OH is 2. The second-order valence-electron chi connectivity index (χ2n) is 15.2. The summed E-state index contributed by atoms with van der Waals surface area (Å²) in [6.45, 7) is 6.23. The van der Waals surface area contributed by atoms with Gasteiger partial charge >= 0.3 is 5.97 Å². The highest BCUT2D eigenvalue weighted by Crippen LogP contribution is 2.15. The Balaban J connectivity index is 4.70. The van der Waals surface area contributed by atoms with Gasteiger partial charge in [-0.15, -0.1) is 0 Å². The first kappa shape index (κ1) is 53.0. The van der Waals surface area contributed by atoms with E-state index in [0.717, 1.165) is 57.8 Å². The van der Waals surface area contributed by atoms with Crippen molar-refractivity contribution in [3.8, 4) is 0 Å². The average Bonchev–Trinajstić information content (AvgIpc) is 3.19. The van der Waals surface area contributed by atoms with Crippen LogP contribution in [0.2, 0.25) is 0 Å². The molecule has 320 valence electrons. The molecule has 56 heavy (non-hydrogen) atoms. The van der Waals surface area contributed by atoms with Crippen LogP contribution in [0.3, 0.4) is 0 Å². The van der Waals surface area contributed by atoms with Gasteiger partial charge < -0.3 is 20.3 Å². The lowest BCUT2D eigenvalue weighted by molar-refractivity contribution is -0.150. The third-order valence-electron chi connectivity index (χ3n) is 9.84. The Bertz CT molecular complexity index is 1100. The summed E-state index contributed by atoms with van der Waals surface area (Å²) in [5.41, 5.74) is 0. The highest BCUT2D eigenvalue weighted by Gasteiger charge is 2.23. The Hall–Kier alpha value is -2.96. The largest absolute Gasteiger partial charge is 0.461 e. The fraction of sp³-hybridized carbons (Fsp3) is 0.680. The number of carbonyl (C=O) groups excluding carboxylic acids is 2. The molecule has 0 radical (unpaired) electrons. The van der Waals surface area contributed by atoms with Gasteiger partial charge in [0.1, 0.15) is 6.10 Å². The summed E-state index contributed by atoms with van der Waals surface area (Å²) in [6.07, 6.45) is 55.3. The van der Waals surface area contributed by atoms with Gasteiger partial charge in [-0.2, -0.15) is 0 Å². The van der Waals surface area contributed by atoms with E-state index in [2.05, 4.69) is 56.5 Å². The first-order valence-electron chi connectivity index (χ1n) is 22.9. The van der Waals surface area contributed by atoms with E-state index in [9.17, 15) is 19.8 Å². The minimum Gasteiger partial charge on any atom is -0.461 e. The minimum absolute atomic E-state index is 0.0258. The van der Waals surface area contributed by atoms with Crippen molar-refractivity contribution < 1.29 is 24.5 Å². The summed E-state index contributed by atoms with van der Waals surface area (Å²) in [5.74, 6) is -0.626. The molecule has 0 heterocycles. The van der Waals surface area contributed by atoms with Crippen LogP contribution in [-0.4, -0.2) is 46.9 Å². The van der Waals surface area contributed by atoms with E-state index in [1.807, 2.05) is 54.7 Å². The Labute approximate surface area is 344 Å². The highest BCUT2D eigenvalue weighted by molar-refractivity contribution is 5.77. The van der Waals surface area contributed by atoms with Gasteiger partial charge in [-0.3, -0.25) is 9.59 Å². The number of nitrogens with one attached hydrogen (secondary N) is 1. The molecular weight excluding hydrogens is 695 g/mol. The van der Waals surface area contributed by atoms with E-state index in [1.165, 1.54) is 89.9 Å². The van der Waals surface area contributed by atoms with Gasteiger partial charge in [-0.25, -0.2) is 0 Å². The van der Waals surface area contributed by atoms with Crippen molar-refractivity contribution in [2.75, 3.05) is 6.61 Å². The Morgan fingerprint density at radius 1 is 0.571 bits per heavy atom. The van der Waals surface area contributed by atoms with Crippen LogP contribution in [0.15, 0.2) is 85.1 Å². The van der Waals surface area contributed by atoms with Crippen molar-refractivity contribution in [2.45, 2.75) is 212 Å². The first-order chi connectivity index (χ1) is 27.5. The van der Waals surface area contributed by atoms with Gasteiger partial charge in [-0.1, -0.05) is 209 Å². The summed E-state index contributed by atoms with van der Waals surface area (Å²) in [5, 5.41) is 23.5. The molecule has 0 saturated carbocycles. The fourth-order valence-electron chi connectivity index (χ4n) is 6.36. The molecule has 0 aromatic heterocycles. The van der Waals surface area contributed by atoms with Crippen molar-refractivity contribution >= 4 is 11.9 Å². The lowest BCUT2D eigenvalue weighted by Crippen LogP contribution is -2.46. The summed E-state index contributed by atoms with van der Waals surface area (Å²) in [4.78, 5) is 25.9. The molecule has 3 N–H and O–H groups in total. The van der Waals surface area contributed by atoms with Crippen molar-refractivity contribution in [3.05, 3.63) is 85.1 Å². The molecule has 1 amide bonds. The Morgan fingerprint density at radius 3 is 1.62 bits per heavy atom. The van der Waals surface area contributed by atoms with Gasteiger partial charge in [0.15, 0.2) is 0 Å². The molecule has 0 saturated heterocycles. The monoisotopic (exact) mass is 780 g/mol. The molecule has 0 fully saturated rings. The van der Waals surface area contributed by atoms with E-state index in [0.29, 0.717) is 19.3 Å². The molecule has 6 heteroatoms. The molecule has 0 aliphatic heterocycles. The van der Waals surface area contributed by atoms with Gasteiger partial charge in [0.2, 0.25) is 5.91 Å². The topological polar surface area (TPSA) is 95.9 Å². The predicted octanol–water partition coefficient (Wildman–Crippen LogP) is 13.2. The Morgan fingerprint density at radius 2 is 1.05 bits per heavy atom. The second kappa shape index (κ2) is 43.2. The highest BCUT2D eigenvalue weighted by atomic mass is 16.5. The lowest BCUT2D eigenvalue weighted by Gasteiger charge is -2.24. The van der Waals surface area contributed by atoms with Crippen LogP contribution < -0.4 is 5.32 Å². The molecule has 3 unspecified atom stereocenters. The smallest absolute Gasteiger partial charge is 0.306 e. The number of amides is 1. The quantitative estimate of drug-likeness (QED) is 0.0250. The van der Waals surface area contributed by atoms with Gasteiger partial charge in [-0.05, 0) is 51.4 Å². The number of aliphatic hydroxyl groups is 2. The zero-order valence-electron chi connectivity index (χ0n) is 36.2. The fourth-order valence-corrected chi connectivity index (χ4v) is 6.36. The zero-order chi connectivity index (χ0) is 41.0. The Kier molecular flexibility index (Phi) is 40.9.